The summed E-state index contributed by atoms with van der Waals surface area (Å²) in [6, 6.07) is 3.04. The lowest BCUT2D eigenvalue weighted by Gasteiger charge is -2.23. The average Bonchev–Trinajstić information content (AvgIpc) is 2.76. The Morgan fingerprint density at radius 3 is 2.75 bits per heavy atom. The number of urea groups is 1. The first kappa shape index (κ1) is 14.3. The number of benzene rings is 1. The summed E-state index contributed by atoms with van der Waals surface area (Å²) >= 11 is 0. The molecule has 0 aliphatic carbocycles. The second-order valence-electron chi connectivity index (χ2n) is 5.14. The molecule has 1 aliphatic rings. The molecule has 2 amide bonds. The molecule has 1 aromatic rings. The molecule has 6 heteroatoms. The number of hydrogen-bond acceptors (Lipinski definition) is 2. The molecule has 1 fully saturated rings. The van der Waals surface area contributed by atoms with Crippen molar-refractivity contribution < 1.29 is 19.1 Å². The van der Waals surface area contributed by atoms with Crippen LogP contribution in [0.15, 0.2) is 18.2 Å². The average molecular weight is 280 g/mol. The van der Waals surface area contributed by atoms with E-state index in [2.05, 4.69) is 5.32 Å². The molecule has 20 heavy (non-hydrogen) atoms. The molecule has 2 rings (SSSR count). The Bertz CT molecular complexity index is 547. The Balaban J connectivity index is 2.11. The SMILES string of the molecule is Cc1ccc(NC(=O)N2CCC(C)C2C(=O)O)cc1F. The fourth-order valence-electron chi connectivity index (χ4n) is 2.42. The van der Waals surface area contributed by atoms with Crippen molar-refractivity contribution in [3.8, 4) is 0 Å². The lowest BCUT2D eigenvalue weighted by molar-refractivity contribution is -0.142. The van der Waals surface area contributed by atoms with Crippen molar-refractivity contribution in [2.45, 2.75) is 26.3 Å². The number of aliphatic carboxylic acids is 1. The van der Waals surface area contributed by atoms with Crippen LogP contribution in [0, 0.1) is 18.7 Å². The molecule has 0 saturated carbocycles. The molecule has 1 aromatic carbocycles. The van der Waals surface area contributed by atoms with E-state index in [0.29, 0.717) is 24.2 Å². The number of carboxylic acid groups (broad SMARTS) is 1. The number of hydrogen-bond donors (Lipinski definition) is 2. The summed E-state index contributed by atoms with van der Waals surface area (Å²) in [5.41, 5.74) is 0.808. The number of halogens is 1. The van der Waals surface area contributed by atoms with Crippen LogP contribution in [0.1, 0.15) is 18.9 Å². The van der Waals surface area contributed by atoms with Gasteiger partial charge >= 0.3 is 12.0 Å². The van der Waals surface area contributed by atoms with E-state index in [-0.39, 0.29) is 5.92 Å². The highest BCUT2D eigenvalue weighted by atomic mass is 19.1. The fraction of sp³-hybridized carbons (Fsp3) is 0.429. The van der Waals surface area contributed by atoms with Gasteiger partial charge in [0.2, 0.25) is 0 Å². The number of rotatable bonds is 2. The molecule has 2 atom stereocenters. The van der Waals surface area contributed by atoms with Gasteiger partial charge in [-0.05, 0) is 37.0 Å². The first-order valence-electron chi connectivity index (χ1n) is 6.46. The summed E-state index contributed by atoms with van der Waals surface area (Å²) in [6.45, 7) is 3.82. The van der Waals surface area contributed by atoms with Crippen LogP contribution in [0.3, 0.4) is 0 Å². The maximum Gasteiger partial charge on any atom is 0.326 e. The molecule has 5 nitrogen and oxygen atoms in total. The number of nitrogens with one attached hydrogen (secondary N) is 1. The maximum absolute atomic E-state index is 13.4. The van der Waals surface area contributed by atoms with Crippen LogP contribution < -0.4 is 5.32 Å². The number of aryl methyl sites for hydroxylation is 1. The molecule has 0 spiro atoms. The molecule has 0 bridgehead atoms. The van der Waals surface area contributed by atoms with Gasteiger partial charge in [0.15, 0.2) is 0 Å². The van der Waals surface area contributed by atoms with Crippen LogP contribution in [-0.4, -0.2) is 34.6 Å². The summed E-state index contributed by atoms with van der Waals surface area (Å²) in [4.78, 5) is 24.6. The molecule has 0 radical (unpaired) electrons. The molecular formula is C14H17FN2O3. The third kappa shape index (κ3) is 2.74. The van der Waals surface area contributed by atoms with Gasteiger partial charge in [0.25, 0.3) is 0 Å². The van der Waals surface area contributed by atoms with Crippen LogP contribution in [0.4, 0.5) is 14.9 Å². The summed E-state index contributed by atoms with van der Waals surface area (Å²) in [5, 5.41) is 11.7. The van der Waals surface area contributed by atoms with Crippen LogP contribution in [-0.2, 0) is 4.79 Å². The Hall–Kier alpha value is -2.11. The van der Waals surface area contributed by atoms with E-state index in [9.17, 15) is 14.0 Å². The number of carbonyl (C=O) groups excluding carboxylic acids is 1. The molecular weight excluding hydrogens is 263 g/mol. The summed E-state index contributed by atoms with van der Waals surface area (Å²) in [7, 11) is 0. The monoisotopic (exact) mass is 280 g/mol. The quantitative estimate of drug-likeness (QED) is 0.874. The predicted molar refractivity (Wildman–Crippen MR) is 72.1 cm³/mol. The van der Waals surface area contributed by atoms with Gasteiger partial charge in [-0.2, -0.15) is 0 Å². The number of likely N-dealkylation sites (tertiary alicyclic amines) is 1. The normalized spacial score (nSPS) is 21.9. The second kappa shape index (κ2) is 5.48. The summed E-state index contributed by atoms with van der Waals surface area (Å²) < 4.78 is 13.4. The topological polar surface area (TPSA) is 69.6 Å². The van der Waals surface area contributed by atoms with Crippen molar-refractivity contribution >= 4 is 17.7 Å². The van der Waals surface area contributed by atoms with Crippen molar-refractivity contribution in [2.24, 2.45) is 5.92 Å². The number of anilines is 1. The Kier molecular flexibility index (Phi) is 3.92. The maximum atomic E-state index is 13.4. The van der Waals surface area contributed by atoms with Gasteiger partial charge in [-0.25, -0.2) is 14.0 Å². The molecule has 1 saturated heterocycles. The summed E-state index contributed by atoms with van der Waals surface area (Å²) in [6.07, 6.45) is 0.645. The largest absolute Gasteiger partial charge is 0.480 e. The van der Waals surface area contributed by atoms with E-state index in [1.54, 1.807) is 26.0 Å². The highest BCUT2D eigenvalue weighted by Crippen LogP contribution is 2.25. The minimum absolute atomic E-state index is 0.0898. The van der Waals surface area contributed by atoms with Crippen LogP contribution >= 0.6 is 0 Å². The van der Waals surface area contributed by atoms with E-state index < -0.39 is 23.9 Å². The van der Waals surface area contributed by atoms with Crippen molar-refractivity contribution in [3.63, 3.8) is 0 Å². The van der Waals surface area contributed by atoms with Crippen molar-refractivity contribution in [2.75, 3.05) is 11.9 Å². The molecule has 108 valence electrons. The third-order valence-electron chi connectivity index (χ3n) is 3.64. The molecule has 1 heterocycles. The Labute approximate surface area is 116 Å². The van der Waals surface area contributed by atoms with Gasteiger partial charge < -0.3 is 15.3 Å². The van der Waals surface area contributed by atoms with Crippen LogP contribution in [0.5, 0.6) is 0 Å². The minimum Gasteiger partial charge on any atom is -0.480 e. The first-order chi connectivity index (χ1) is 9.40. The van der Waals surface area contributed by atoms with Crippen molar-refractivity contribution in [1.82, 2.24) is 4.90 Å². The van der Waals surface area contributed by atoms with Gasteiger partial charge in [-0.1, -0.05) is 13.0 Å². The standard InChI is InChI=1S/C14H17FN2O3/c1-8-3-4-10(7-11(8)15)16-14(20)17-6-5-9(2)12(17)13(18)19/h3-4,7,9,12H,5-6H2,1-2H3,(H,16,20)(H,18,19). The van der Waals surface area contributed by atoms with Crippen LogP contribution in [0.25, 0.3) is 0 Å². The number of carbonyl (C=O) groups is 2. The first-order valence-corrected chi connectivity index (χ1v) is 6.46. The van der Waals surface area contributed by atoms with E-state index in [1.807, 2.05) is 0 Å². The van der Waals surface area contributed by atoms with E-state index in [4.69, 9.17) is 5.11 Å². The molecule has 0 aromatic heterocycles. The van der Waals surface area contributed by atoms with Gasteiger partial charge in [-0.3, -0.25) is 0 Å². The van der Waals surface area contributed by atoms with Crippen molar-refractivity contribution in [3.05, 3.63) is 29.6 Å². The number of nitrogens with zero attached hydrogens (tertiary/aromatic N) is 1. The van der Waals surface area contributed by atoms with E-state index >= 15 is 0 Å². The zero-order chi connectivity index (χ0) is 14.9. The zero-order valence-corrected chi connectivity index (χ0v) is 11.4. The Morgan fingerprint density at radius 2 is 2.15 bits per heavy atom. The van der Waals surface area contributed by atoms with Gasteiger partial charge in [0.05, 0.1) is 0 Å². The molecule has 2 unspecified atom stereocenters. The minimum atomic E-state index is -1.01. The Morgan fingerprint density at radius 1 is 1.45 bits per heavy atom. The third-order valence-corrected chi connectivity index (χ3v) is 3.64. The van der Waals surface area contributed by atoms with Gasteiger partial charge in [-0.15, -0.1) is 0 Å². The van der Waals surface area contributed by atoms with Crippen molar-refractivity contribution in [1.29, 1.82) is 0 Å². The molecule has 2 N–H and O–H groups in total. The fourth-order valence-corrected chi connectivity index (χ4v) is 2.42. The number of amides is 2. The number of carboxylic acids is 1. The predicted octanol–water partition coefficient (Wildman–Crippen LogP) is 2.46. The smallest absolute Gasteiger partial charge is 0.326 e. The highest BCUT2D eigenvalue weighted by Gasteiger charge is 2.39. The van der Waals surface area contributed by atoms with E-state index in [0.717, 1.165) is 0 Å². The summed E-state index contributed by atoms with van der Waals surface area (Å²) in [5.74, 6) is -1.51. The van der Waals surface area contributed by atoms with Crippen LogP contribution in [0.2, 0.25) is 0 Å². The van der Waals surface area contributed by atoms with E-state index in [1.165, 1.54) is 11.0 Å². The second-order valence-corrected chi connectivity index (χ2v) is 5.14. The zero-order valence-electron chi connectivity index (χ0n) is 11.4. The van der Waals surface area contributed by atoms with Gasteiger partial charge in [0.1, 0.15) is 11.9 Å². The lowest BCUT2D eigenvalue weighted by atomic mass is 10.0. The van der Waals surface area contributed by atoms with Gasteiger partial charge in [0, 0.05) is 12.2 Å². The lowest BCUT2D eigenvalue weighted by Crippen LogP contribution is -2.44. The highest BCUT2D eigenvalue weighted by molar-refractivity contribution is 5.92. The molecule has 1 aliphatic heterocycles.